The maximum Gasteiger partial charge on any atom is 0.230 e. The van der Waals surface area contributed by atoms with Crippen LogP contribution in [0.2, 0.25) is 5.02 Å². The van der Waals surface area contributed by atoms with Crippen molar-refractivity contribution in [2.75, 3.05) is 50.1 Å². The number of benzene rings is 2. The summed E-state index contributed by atoms with van der Waals surface area (Å²) in [5.74, 6) is -0.218. The number of carbonyl (C=O) groups is 1. The van der Waals surface area contributed by atoms with Crippen molar-refractivity contribution in [3.8, 4) is 0 Å². The quantitative estimate of drug-likeness (QED) is 0.815. The maximum absolute atomic E-state index is 13.0. The molecule has 154 valence electrons. The van der Waals surface area contributed by atoms with E-state index in [1.165, 1.54) is 0 Å². The van der Waals surface area contributed by atoms with Crippen LogP contribution in [0.3, 0.4) is 0 Å². The van der Waals surface area contributed by atoms with Crippen LogP contribution in [0.15, 0.2) is 48.5 Å². The average Bonchev–Trinajstić information content (AvgIpc) is 2.75. The maximum atomic E-state index is 13.0. The first-order valence-electron chi connectivity index (χ1n) is 10.3. The van der Waals surface area contributed by atoms with Gasteiger partial charge in [0.2, 0.25) is 5.91 Å². The zero-order valence-corrected chi connectivity index (χ0v) is 17.6. The molecule has 1 N–H and O–H groups in total. The third kappa shape index (κ3) is 4.74. The molecule has 2 unspecified atom stereocenters. The normalized spacial score (nSPS) is 23.0. The monoisotopic (exact) mass is 413 g/mol. The van der Waals surface area contributed by atoms with Crippen molar-refractivity contribution >= 4 is 28.9 Å². The highest BCUT2D eigenvalue weighted by Crippen LogP contribution is 2.35. The first-order valence-corrected chi connectivity index (χ1v) is 10.7. The largest absolute Gasteiger partial charge is 0.373 e. The van der Waals surface area contributed by atoms with Crippen molar-refractivity contribution in [2.45, 2.75) is 18.9 Å². The number of hydrogen-bond donors (Lipinski definition) is 1. The predicted octanol–water partition coefficient (Wildman–Crippen LogP) is 4.20. The molecular weight excluding hydrogens is 386 g/mol. The molecule has 0 bridgehead atoms. The Hall–Kier alpha value is -2.08. The second-order valence-electron chi connectivity index (χ2n) is 7.90. The van der Waals surface area contributed by atoms with Gasteiger partial charge in [-0.05, 0) is 43.7 Å². The summed E-state index contributed by atoms with van der Waals surface area (Å²) in [6, 6.07) is 15.8. The van der Waals surface area contributed by atoms with E-state index in [1.807, 2.05) is 48.5 Å². The van der Waals surface area contributed by atoms with Gasteiger partial charge >= 0.3 is 0 Å². The molecule has 2 fully saturated rings. The molecule has 0 saturated carbocycles. The van der Waals surface area contributed by atoms with Gasteiger partial charge in [-0.2, -0.15) is 0 Å². The average molecular weight is 414 g/mol. The summed E-state index contributed by atoms with van der Waals surface area (Å²) in [6.45, 7) is 4.66. The van der Waals surface area contributed by atoms with Crippen LogP contribution in [-0.2, 0) is 9.53 Å². The fourth-order valence-electron chi connectivity index (χ4n) is 4.14. The highest BCUT2D eigenvalue weighted by Gasteiger charge is 2.33. The highest BCUT2D eigenvalue weighted by atomic mass is 35.5. The number of amides is 1. The Labute approximate surface area is 177 Å². The molecule has 2 aromatic carbocycles. The number of halogens is 1. The zero-order chi connectivity index (χ0) is 20.2. The smallest absolute Gasteiger partial charge is 0.230 e. The minimum atomic E-state index is -0.206. The van der Waals surface area contributed by atoms with Gasteiger partial charge in [0, 0.05) is 38.5 Å². The van der Waals surface area contributed by atoms with E-state index in [1.54, 1.807) is 0 Å². The van der Waals surface area contributed by atoms with Crippen LogP contribution < -0.4 is 10.2 Å². The Bertz CT molecular complexity index is 837. The topological polar surface area (TPSA) is 44.8 Å². The Balaban J connectivity index is 1.45. The summed E-state index contributed by atoms with van der Waals surface area (Å²) in [7, 11) is 2.13. The van der Waals surface area contributed by atoms with Crippen LogP contribution in [0, 0.1) is 5.92 Å². The molecule has 0 aliphatic carbocycles. The van der Waals surface area contributed by atoms with Gasteiger partial charge in [-0.25, -0.2) is 0 Å². The van der Waals surface area contributed by atoms with Gasteiger partial charge in [0.05, 0.1) is 22.7 Å². The van der Waals surface area contributed by atoms with E-state index < -0.39 is 0 Å². The van der Waals surface area contributed by atoms with E-state index in [0.29, 0.717) is 11.6 Å². The van der Waals surface area contributed by atoms with Crippen LogP contribution in [0.4, 0.5) is 11.4 Å². The molecule has 6 heteroatoms. The molecule has 2 atom stereocenters. The van der Waals surface area contributed by atoms with Crippen molar-refractivity contribution in [1.29, 1.82) is 0 Å². The molecule has 2 aliphatic rings. The molecule has 2 aromatic rings. The van der Waals surface area contributed by atoms with Crippen LogP contribution >= 0.6 is 11.6 Å². The SMILES string of the molecule is CN1CCN(c2ccc(NC(=O)C3CCCOC3c3ccccc3)cc2Cl)CC1. The fraction of sp³-hybridized carbons (Fsp3) is 0.435. The number of nitrogens with zero attached hydrogens (tertiary/aromatic N) is 2. The van der Waals surface area contributed by atoms with Crippen molar-refractivity contribution in [1.82, 2.24) is 4.90 Å². The first kappa shape index (κ1) is 20.2. The molecule has 29 heavy (non-hydrogen) atoms. The standard InChI is InChI=1S/C23H28ClN3O2/c1-26-11-13-27(14-12-26)21-10-9-18(16-20(21)24)25-23(28)19-8-5-15-29-22(19)17-6-3-2-4-7-17/h2-4,6-7,9-10,16,19,22H,5,8,11-15H2,1H3,(H,25,28). The zero-order valence-electron chi connectivity index (χ0n) is 16.8. The second-order valence-corrected chi connectivity index (χ2v) is 8.30. The molecule has 0 spiro atoms. The van der Waals surface area contributed by atoms with Crippen molar-refractivity contribution in [2.24, 2.45) is 5.92 Å². The molecule has 2 saturated heterocycles. The molecule has 2 aliphatic heterocycles. The van der Waals surface area contributed by atoms with Gasteiger partial charge in [0.1, 0.15) is 0 Å². The van der Waals surface area contributed by atoms with Gasteiger partial charge in [0.25, 0.3) is 0 Å². The summed E-state index contributed by atoms with van der Waals surface area (Å²) >= 11 is 6.56. The second kappa shape index (κ2) is 9.16. The van der Waals surface area contributed by atoms with E-state index in [9.17, 15) is 4.79 Å². The molecular formula is C23H28ClN3O2. The fourth-order valence-corrected chi connectivity index (χ4v) is 4.44. The van der Waals surface area contributed by atoms with Crippen LogP contribution in [0.1, 0.15) is 24.5 Å². The summed E-state index contributed by atoms with van der Waals surface area (Å²) in [5.41, 5.74) is 2.81. The summed E-state index contributed by atoms with van der Waals surface area (Å²) in [6.07, 6.45) is 1.51. The number of piperazine rings is 1. The van der Waals surface area contributed by atoms with Gasteiger partial charge in [0.15, 0.2) is 0 Å². The molecule has 0 radical (unpaired) electrons. The predicted molar refractivity (Wildman–Crippen MR) is 118 cm³/mol. The highest BCUT2D eigenvalue weighted by molar-refractivity contribution is 6.33. The van der Waals surface area contributed by atoms with Crippen LogP contribution in [0.25, 0.3) is 0 Å². The lowest BCUT2D eigenvalue weighted by molar-refractivity contribution is -0.129. The molecule has 5 nitrogen and oxygen atoms in total. The van der Waals surface area contributed by atoms with Crippen LogP contribution in [0.5, 0.6) is 0 Å². The third-order valence-corrected chi connectivity index (χ3v) is 6.15. The molecule has 1 amide bonds. The lowest BCUT2D eigenvalue weighted by Gasteiger charge is -2.34. The van der Waals surface area contributed by atoms with Gasteiger partial charge in [-0.15, -0.1) is 0 Å². The molecule has 2 heterocycles. The van der Waals surface area contributed by atoms with E-state index in [0.717, 1.165) is 56.0 Å². The summed E-state index contributed by atoms with van der Waals surface area (Å²) in [5, 5.41) is 3.73. The third-order valence-electron chi connectivity index (χ3n) is 5.85. The minimum Gasteiger partial charge on any atom is -0.373 e. The van der Waals surface area contributed by atoms with E-state index in [2.05, 4.69) is 22.2 Å². The number of rotatable bonds is 4. The van der Waals surface area contributed by atoms with Gasteiger partial charge in [-0.3, -0.25) is 4.79 Å². The van der Waals surface area contributed by atoms with Gasteiger partial charge < -0.3 is 19.9 Å². The number of ether oxygens (including phenoxy) is 1. The summed E-state index contributed by atoms with van der Waals surface area (Å²) < 4.78 is 5.97. The Morgan fingerprint density at radius 3 is 2.59 bits per heavy atom. The minimum absolute atomic E-state index is 0.0121. The van der Waals surface area contributed by atoms with Crippen molar-refractivity contribution in [3.05, 3.63) is 59.1 Å². The van der Waals surface area contributed by atoms with E-state index >= 15 is 0 Å². The first-order chi connectivity index (χ1) is 14.1. The molecule has 0 aromatic heterocycles. The Kier molecular flexibility index (Phi) is 6.38. The van der Waals surface area contributed by atoms with Crippen molar-refractivity contribution in [3.63, 3.8) is 0 Å². The summed E-state index contributed by atoms with van der Waals surface area (Å²) in [4.78, 5) is 17.6. The lowest BCUT2D eigenvalue weighted by Crippen LogP contribution is -2.44. The number of hydrogen-bond acceptors (Lipinski definition) is 4. The van der Waals surface area contributed by atoms with Gasteiger partial charge in [-0.1, -0.05) is 41.9 Å². The number of nitrogens with one attached hydrogen (secondary N) is 1. The lowest BCUT2D eigenvalue weighted by atomic mass is 9.88. The van der Waals surface area contributed by atoms with E-state index in [-0.39, 0.29) is 17.9 Å². The Morgan fingerprint density at radius 2 is 1.86 bits per heavy atom. The number of anilines is 2. The Morgan fingerprint density at radius 1 is 1.10 bits per heavy atom. The van der Waals surface area contributed by atoms with Crippen LogP contribution in [-0.4, -0.2) is 50.6 Å². The van der Waals surface area contributed by atoms with Crippen molar-refractivity contribution < 1.29 is 9.53 Å². The number of carbonyl (C=O) groups excluding carboxylic acids is 1. The molecule has 4 rings (SSSR count). The number of likely N-dealkylation sites (N-methyl/N-ethyl adjacent to an activating group) is 1. The van der Waals surface area contributed by atoms with E-state index in [4.69, 9.17) is 16.3 Å².